The molecule has 1 atom stereocenters. The Morgan fingerprint density at radius 2 is 2.35 bits per heavy atom. The second-order valence-corrected chi connectivity index (χ2v) is 5.47. The third kappa shape index (κ3) is 3.10. The summed E-state index contributed by atoms with van der Waals surface area (Å²) >= 11 is 0. The molecule has 0 bridgehead atoms. The molecule has 8 heteroatoms. The molecule has 122 valence electrons. The fourth-order valence-corrected chi connectivity index (χ4v) is 2.87. The zero-order valence-corrected chi connectivity index (χ0v) is 12.9. The number of carbonyl (C=O) groups is 2. The lowest BCUT2D eigenvalue weighted by Crippen LogP contribution is -2.51. The molecule has 1 aliphatic heterocycles. The van der Waals surface area contributed by atoms with Crippen molar-refractivity contribution in [3.8, 4) is 0 Å². The second-order valence-electron chi connectivity index (χ2n) is 5.47. The van der Waals surface area contributed by atoms with Crippen LogP contribution in [0.2, 0.25) is 0 Å². The summed E-state index contributed by atoms with van der Waals surface area (Å²) in [5, 5.41) is 10.7. The quantitative estimate of drug-likeness (QED) is 0.886. The number of ether oxygens (including phenoxy) is 1. The lowest BCUT2D eigenvalue weighted by molar-refractivity contribution is -0.127. The first kappa shape index (κ1) is 15.3. The smallest absolute Gasteiger partial charge is 0.410 e. The third-order valence-electron chi connectivity index (χ3n) is 4.06. The van der Waals surface area contributed by atoms with Gasteiger partial charge in [-0.25, -0.2) is 9.78 Å². The zero-order valence-electron chi connectivity index (χ0n) is 12.9. The Bertz CT molecular complexity index is 714. The molecular weight excluding hydrogens is 298 g/mol. The highest BCUT2D eigenvalue weighted by Gasteiger charge is 2.32. The van der Waals surface area contributed by atoms with Gasteiger partial charge in [-0.3, -0.25) is 14.8 Å². The van der Waals surface area contributed by atoms with Gasteiger partial charge in [-0.2, -0.15) is 5.10 Å². The highest BCUT2D eigenvalue weighted by molar-refractivity contribution is 5.86. The minimum atomic E-state index is -0.483. The van der Waals surface area contributed by atoms with Crippen LogP contribution in [-0.2, 0) is 16.1 Å². The molecule has 23 heavy (non-hydrogen) atoms. The van der Waals surface area contributed by atoms with Crippen molar-refractivity contribution < 1.29 is 14.3 Å². The first-order valence-corrected chi connectivity index (χ1v) is 7.61. The standard InChI is InChI=1S/C15H19N5O3/c1-23-15(22)20-8-3-2-6-12(20)14(21)17-9-11-10-5-4-7-16-13(10)19-18-11/h4-5,7,12H,2-3,6,8-9H2,1H3,(H,17,21)(H,16,18,19). The Kier molecular flexibility index (Phi) is 4.40. The second kappa shape index (κ2) is 6.64. The summed E-state index contributed by atoms with van der Waals surface area (Å²) in [6.45, 7) is 0.855. The van der Waals surface area contributed by atoms with Crippen molar-refractivity contribution in [2.75, 3.05) is 13.7 Å². The molecular formula is C15H19N5O3. The number of nitrogens with zero attached hydrogens (tertiary/aromatic N) is 3. The lowest BCUT2D eigenvalue weighted by atomic mass is 10.0. The molecule has 2 amide bonds. The Morgan fingerprint density at radius 3 is 3.17 bits per heavy atom. The number of hydrogen-bond donors (Lipinski definition) is 2. The molecule has 0 spiro atoms. The van der Waals surface area contributed by atoms with Crippen LogP contribution < -0.4 is 5.32 Å². The van der Waals surface area contributed by atoms with Crippen molar-refractivity contribution in [1.82, 2.24) is 25.4 Å². The molecule has 0 aromatic carbocycles. The first-order chi connectivity index (χ1) is 11.2. The third-order valence-corrected chi connectivity index (χ3v) is 4.06. The Balaban J connectivity index is 1.67. The van der Waals surface area contributed by atoms with E-state index in [1.54, 1.807) is 6.20 Å². The monoisotopic (exact) mass is 317 g/mol. The topological polar surface area (TPSA) is 100 Å². The van der Waals surface area contributed by atoms with Crippen molar-refractivity contribution in [1.29, 1.82) is 0 Å². The van der Waals surface area contributed by atoms with Gasteiger partial charge < -0.3 is 10.1 Å². The van der Waals surface area contributed by atoms with Crippen molar-refractivity contribution in [3.05, 3.63) is 24.0 Å². The number of hydrogen-bond acceptors (Lipinski definition) is 5. The van der Waals surface area contributed by atoms with E-state index in [1.807, 2.05) is 12.1 Å². The van der Waals surface area contributed by atoms with Gasteiger partial charge in [0.05, 0.1) is 19.3 Å². The van der Waals surface area contributed by atoms with Crippen LogP contribution in [-0.4, -0.2) is 51.8 Å². The molecule has 3 heterocycles. The molecule has 1 unspecified atom stereocenters. The molecule has 1 fully saturated rings. The van der Waals surface area contributed by atoms with Crippen molar-refractivity contribution in [2.45, 2.75) is 31.8 Å². The number of piperidine rings is 1. The normalized spacial score (nSPS) is 18.0. The van der Waals surface area contributed by atoms with Gasteiger partial charge in [-0.05, 0) is 31.4 Å². The summed E-state index contributed by atoms with van der Waals surface area (Å²) in [5.41, 5.74) is 1.41. The number of pyridine rings is 1. The maximum absolute atomic E-state index is 12.4. The maximum Gasteiger partial charge on any atom is 0.410 e. The van der Waals surface area contributed by atoms with Crippen molar-refractivity contribution in [3.63, 3.8) is 0 Å². The summed E-state index contributed by atoms with van der Waals surface area (Å²) in [6.07, 6.45) is 3.66. The number of aromatic amines is 1. The van der Waals surface area contributed by atoms with Gasteiger partial charge in [0.2, 0.25) is 5.91 Å². The predicted octanol–water partition coefficient (Wildman–Crippen LogP) is 1.19. The van der Waals surface area contributed by atoms with Gasteiger partial charge in [-0.1, -0.05) is 0 Å². The number of aromatic nitrogens is 3. The van der Waals surface area contributed by atoms with E-state index >= 15 is 0 Å². The minimum absolute atomic E-state index is 0.179. The summed E-state index contributed by atoms with van der Waals surface area (Å²) < 4.78 is 4.76. The fourth-order valence-electron chi connectivity index (χ4n) is 2.87. The van der Waals surface area contributed by atoms with Gasteiger partial charge in [-0.15, -0.1) is 0 Å². The van der Waals surface area contributed by atoms with Crippen LogP contribution >= 0.6 is 0 Å². The zero-order chi connectivity index (χ0) is 16.2. The van der Waals surface area contributed by atoms with E-state index in [9.17, 15) is 9.59 Å². The van der Waals surface area contributed by atoms with Gasteiger partial charge in [0.1, 0.15) is 6.04 Å². The lowest BCUT2D eigenvalue weighted by Gasteiger charge is -2.33. The SMILES string of the molecule is COC(=O)N1CCCCC1C(=O)NCc1[nH]nc2ncccc12. The average Bonchev–Trinajstić information content (AvgIpc) is 3.02. The van der Waals surface area contributed by atoms with Crippen LogP contribution in [0.3, 0.4) is 0 Å². The molecule has 8 nitrogen and oxygen atoms in total. The molecule has 2 aromatic rings. The highest BCUT2D eigenvalue weighted by atomic mass is 16.5. The van der Waals surface area contributed by atoms with Crippen LogP contribution in [0.1, 0.15) is 25.0 Å². The number of fused-ring (bicyclic) bond motifs is 1. The van der Waals surface area contributed by atoms with Gasteiger partial charge in [0, 0.05) is 18.1 Å². The maximum atomic E-state index is 12.4. The number of carbonyl (C=O) groups excluding carboxylic acids is 2. The van der Waals surface area contributed by atoms with Crippen molar-refractivity contribution in [2.24, 2.45) is 0 Å². The van der Waals surface area contributed by atoms with E-state index in [1.165, 1.54) is 12.0 Å². The minimum Gasteiger partial charge on any atom is -0.453 e. The molecule has 0 radical (unpaired) electrons. The van der Waals surface area contributed by atoms with Crippen LogP contribution in [0, 0.1) is 0 Å². The molecule has 1 saturated heterocycles. The number of likely N-dealkylation sites (tertiary alicyclic amines) is 1. The summed E-state index contributed by atoms with van der Waals surface area (Å²) in [5.74, 6) is -0.179. The predicted molar refractivity (Wildman–Crippen MR) is 82.5 cm³/mol. The number of nitrogens with one attached hydrogen (secondary N) is 2. The molecule has 0 saturated carbocycles. The molecule has 2 aromatic heterocycles. The highest BCUT2D eigenvalue weighted by Crippen LogP contribution is 2.18. The van der Waals surface area contributed by atoms with Gasteiger partial charge in [0.25, 0.3) is 0 Å². The average molecular weight is 317 g/mol. The molecule has 2 N–H and O–H groups in total. The van der Waals surface area contributed by atoms with E-state index < -0.39 is 12.1 Å². The molecule has 1 aliphatic rings. The molecule has 0 aliphatic carbocycles. The van der Waals surface area contributed by atoms with Crippen LogP contribution in [0.25, 0.3) is 11.0 Å². The Hall–Kier alpha value is -2.64. The summed E-state index contributed by atoms with van der Waals surface area (Å²) in [6, 6.07) is 3.24. The number of methoxy groups -OCH3 is 1. The van der Waals surface area contributed by atoms with Gasteiger partial charge in [0.15, 0.2) is 5.65 Å². The Morgan fingerprint density at radius 1 is 1.48 bits per heavy atom. The van der Waals surface area contributed by atoms with Crippen LogP contribution in [0.4, 0.5) is 4.79 Å². The summed E-state index contributed by atoms with van der Waals surface area (Å²) in [7, 11) is 1.33. The first-order valence-electron chi connectivity index (χ1n) is 7.61. The summed E-state index contributed by atoms with van der Waals surface area (Å²) in [4.78, 5) is 29.9. The van der Waals surface area contributed by atoms with E-state index in [4.69, 9.17) is 4.74 Å². The molecule has 3 rings (SSSR count). The fraction of sp³-hybridized carbons (Fsp3) is 0.467. The Labute approximate surface area is 133 Å². The van der Waals surface area contributed by atoms with E-state index in [0.717, 1.165) is 23.9 Å². The van der Waals surface area contributed by atoms with Gasteiger partial charge >= 0.3 is 6.09 Å². The van der Waals surface area contributed by atoms with Crippen LogP contribution in [0.15, 0.2) is 18.3 Å². The van der Waals surface area contributed by atoms with E-state index in [-0.39, 0.29) is 5.91 Å². The number of amides is 2. The van der Waals surface area contributed by atoms with Crippen molar-refractivity contribution >= 4 is 23.0 Å². The van der Waals surface area contributed by atoms with E-state index in [0.29, 0.717) is 25.2 Å². The largest absolute Gasteiger partial charge is 0.453 e. The van der Waals surface area contributed by atoms with Crippen LogP contribution in [0.5, 0.6) is 0 Å². The number of H-pyrrole nitrogens is 1. The van der Waals surface area contributed by atoms with E-state index in [2.05, 4.69) is 20.5 Å². The number of rotatable bonds is 3.